The van der Waals surface area contributed by atoms with Crippen molar-refractivity contribution in [2.75, 3.05) is 0 Å². The van der Waals surface area contributed by atoms with Crippen LogP contribution in [0.25, 0.3) is 0 Å². The highest BCUT2D eigenvalue weighted by Gasteiger charge is 2.32. The first kappa shape index (κ1) is 12.9. The highest BCUT2D eigenvalue weighted by Crippen LogP contribution is 2.41. The smallest absolute Gasteiger partial charge is 0.111 e. The Hall–Kier alpha value is -1.50. The average Bonchev–Trinajstić information content (AvgIpc) is 2.83. The quantitative estimate of drug-likeness (QED) is 0.730. The molecule has 1 heteroatoms. The molecule has 0 unspecified atom stereocenters. The van der Waals surface area contributed by atoms with Crippen molar-refractivity contribution in [2.45, 2.75) is 33.6 Å². The molecular formula is C17H22O. The lowest BCUT2D eigenvalue weighted by Crippen LogP contribution is -2.24. The molecule has 0 aliphatic carbocycles. The SMILES string of the molecule is C[C@H]([C@H](c1ccccc1)c1ccco1)C(C)(C)C. The van der Waals surface area contributed by atoms with E-state index in [-0.39, 0.29) is 5.41 Å². The lowest BCUT2D eigenvalue weighted by atomic mass is 9.71. The Morgan fingerprint density at radius 2 is 1.61 bits per heavy atom. The third-order valence-corrected chi connectivity index (χ3v) is 3.87. The minimum absolute atomic E-state index is 0.243. The van der Waals surface area contributed by atoms with E-state index >= 15 is 0 Å². The van der Waals surface area contributed by atoms with Gasteiger partial charge in [0.1, 0.15) is 5.76 Å². The number of benzene rings is 1. The fourth-order valence-electron chi connectivity index (χ4n) is 2.33. The van der Waals surface area contributed by atoms with Crippen LogP contribution in [0, 0.1) is 11.3 Å². The van der Waals surface area contributed by atoms with Crippen LogP contribution in [-0.2, 0) is 0 Å². The van der Waals surface area contributed by atoms with Gasteiger partial charge in [-0.3, -0.25) is 0 Å². The molecule has 2 atom stereocenters. The predicted molar refractivity (Wildman–Crippen MR) is 75.6 cm³/mol. The lowest BCUT2D eigenvalue weighted by Gasteiger charge is -2.33. The summed E-state index contributed by atoms with van der Waals surface area (Å²) in [5.74, 6) is 1.89. The molecule has 0 amide bonds. The fraction of sp³-hybridized carbons (Fsp3) is 0.412. The zero-order chi connectivity index (χ0) is 13.2. The van der Waals surface area contributed by atoms with Gasteiger partial charge < -0.3 is 4.42 Å². The highest BCUT2D eigenvalue weighted by atomic mass is 16.3. The Bertz CT molecular complexity index is 462. The summed E-state index contributed by atoms with van der Waals surface area (Å²) in [6.07, 6.45) is 1.76. The molecule has 2 rings (SSSR count). The van der Waals surface area contributed by atoms with Gasteiger partial charge >= 0.3 is 0 Å². The minimum atomic E-state index is 0.243. The van der Waals surface area contributed by atoms with E-state index in [1.807, 2.05) is 6.07 Å². The second-order valence-corrected chi connectivity index (χ2v) is 6.06. The summed E-state index contributed by atoms with van der Waals surface area (Å²) in [6.45, 7) is 9.17. The Kier molecular flexibility index (Phi) is 3.60. The largest absolute Gasteiger partial charge is 0.469 e. The van der Waals surface area contributed by atoms with E-state index in [4.69, 9.17) is 4.42 Å². The molecular weight excluding hydrogens is 220 g/mol. The van der Waals surface area contributed by atoms with Gasteiger partial charge in [0, 0.05) is 5.92 Å². The van der Waals surface area contributed by atoms with Crippen LogP contribution in [0.1, 0.15) is 44.9 Å². The van der Waals surface area contributed by atoms with E-state index in [0.29, 0.717) is 11.8 Å². The molecule has 0 aliphatic heterocycles. The Morgan fingerprint density at radius 1 is 0.944 bits per heavy atom. The van der Waals surface area contributed by atoms with Gasteiger partial charge in [-0.1, -0.05) is 58.0 Å². The highest BCUT2D eigenvalue weighted by molar-refractivity contribution is 5.28. The van der Waals surface area contributed by atoms with Crippen molar-refractivity contribution in [3.05, 3.63) is 60.1 Å². The van der Waals surface area contributed by atoms with Crippen molar-refractivity contribution in [1.29, 1.82) is 0 Å². The van der Waals surface area contributed by atoms with Gasteiger partial charge in [-0.25, -0.2) is 0 Å². The van der Waals surface area contributed by atoms with Crippen LogP contribution >= 0.6 is 0 Å². The van der Waals surface area contributed by atoms with Crippen molar-refractivity contribution in [3.8, 4) is 0 Å². The minimum Gasteiger partial charge on any atom is -0.469 e. The second-order valence-electron chi connectivity index (χ2n) is 6.06. The van der Waals surface area contributed by atoms with Crippen LogP contribution in [0.15, 0.2) is 53.1 Å². The van der Waals surface area contributed by atoms with Crippen molar-refractivity contribution in [1.82, 2.24) is 0 Å². The summed E-state index contributed by atoms with van der Waals surface area (Å²) in [5.41, 5.74) is 1.57. The number of hydrogen-bond donors (Lipinski definition) is 0. The maximum absolute atomic E-state index is 5.67. The van der Waals surface area contributed by atoms with E-state index < -0.39 is 0 Å². The van der Waals surface area contributed by atoms with Gasteiger partial charge in [0.15, 0.2) is 0 Å². The third kappa shape index (κ3) is 2.66. The molecule has 0 radical (unpaired) electrons. The molecule has 1 heterocycles. The van der Waals surface area contributed by atoms with Gasteiger partial charge in [0.25, 0.3) is 0 Å². The molecule has 0 aliphatic rings. The maximum Gasteiger partial charge on any atom is 0.111 e. The molecule has 1 aromatic carbocycles. The van der Waals surface area contributed by atoms with Crippen molar-refractivity contribution in [2.24, 2.45) is 11.3 Å². The first-order valence-electron chi connectivity index (χ1n) is 6.58. The Morgan fingerprint density at radius 3 is 2.11 bits per heavy atom. The second kappa shape index (κ2) is 5.01. The zero-order valence-corrected chi connectivity index (χ0v) is 11.7. The summed E-state index contributed by atoms with van der Waals surface area (Å²) in [7, 11) is 0. The molecule has 0 N–H and O–H groups in total. The lowest BCUT2D eigenvalue weighted by molar-refractivity contribution is 0.222. The molecule has 0 saturated heterocycles. The van der Waals surface area contributed by atoms with Gasteiger partial charge in [-0.05, 0) is 29.0 Å². The van der Waals surface area contributed by atoms with Crippen LogP contribution in [0.3, 0.4) is 0 Å². The van der Waals surface area contributed by atoms with Crippen LogP contribution in [0.2, 0.25) is 0 Å². The van der Waals surface area contributed by atoms with E-state index in [2.05, 4.69) is 64.1 Å². The summed E-state index contributed by atoms with van der Waals surface area (Å²) in [6, 6.07) is 14.7. The molecule has 1 nitrogen and oxygen atoms in total. The van der Waals surface area contributed by atoms with Crippen LogP contribution < -0.4 is 0 Å². The average molecular weight is 242 g/mol. The number of furan rings is 1. The zero-order valence-electron chi connectivity index (χ0n) is 11.7. The first-order chi connectivity index (χ1) is 8.50. The summed E-state index contributed by atoms with van der Waals surface area (Å²) < 4.78 is 5.67. The first-order valence-corrected chi connectivity index (χ1v) is 6.58. The standard InChI is InChI=1S/C17H22O/c1-13(17(2,3)4)16(15-11-8-12-18-15)14-9-6-5-7-10-14/h5-13,16H,1-4H3/t13-,16-/m1/s1. The molecule has 0 saturated carbocycles. The molecule has 18 heavy (non-hydrogen) atoms. The summed E-state index contributed by atoms with van der Waals surface area (Å²) >= 11 is 0. The summed E-state index contributed by atoms with van der Waals surface area (Å²) in [5, 5.41) is 0. The van der Waals surface area contributed by atoms with Crippen LogP contribution in [0.4, 0.5) is 0 Å². The van der Waals surface area contributed by atoms with E-state index in [1.54, 1.807) is 6.26 Å². The normalized spacial score (nSPS) is 15.3. The molecule has 2 aromatic rings. The van der Waals surface area contributed by atoms with Crippen LogP contribution in [0.5, 0.6) is 0 Å². The van der Waals surface area contributed by atoms with Gasteiger partial charge in [0.2, 0.25) is 0 Å². The predicted octanol–water partition coefficient (Wildman–Crippen LogP) is 5.09. The van der Waals surface area contributed by atoms with Crippen molar-refractivity contribution >= 4 is 0 Å². The molecule has 0 fully saturated rings. The number of hydrogen-bond acceptors (Lipinski definition) is 1. The fourth-order valence-corrected chi connectivity index (χ4v) is 2.33. The van der Waals surface area contributed by atoms with Gasteiger partial charge in [0.05, 0.1) is 6.26 Å². The number of rotatable bonds is 3. The third-order valence-electron chi connectivity index (χ3n) is 3.87. The van der Waals surface area contributed by atoms with Crippen molar-refractivity contribution < 1.29 is 4.42 Å². The van der Waals surface area contributed by atoms with Crippen LogP contribution in [-0.4, -0.2) is 0 Å². The maximum atomic E-state index is 5.67. The Balaban J connectivity index is 2.42. The van der Waals surface area contributed by atoms with Gasteiger partial charge in [-0.2, -0.15) is 0 Å². The van der Waals surface area contributed by atoms with E-state index in [1.165, 1.54) is 5.56 Å². The molecule has 0 spiro atoms. The van der Waals surface area contributed by atoms with E-state index in [9.17, 15) is 0 Å². The van der Waals surface area contributed by atoms with Crippen molar-refractivity contribution in [3.63, 3.8) is 0 Å². The molecule has 0 bridgehead atoms. The Labute approximate surface area is 110 Å². The molecule has 1 aromatic heterocycles. The van der Waals surface area contributed by atoms with Gasteiger partial charge in [-0.15, -0.1) is 0 Å². The topological polar surface area (TPSA) is 13.1 Å². The van der Waals surface area contributed by atoms with E-state index in [0.717, 1.165) is 5.76 Å². The monoisotopic (exact) mass is 242 g/mol. The molecule has 96 valence electrons. The summed E-state index contributed by atoms with van der Waals surface area (Å²) in [4.78, 5) is 0.